The van der Waals surface area contributed by atoms with Gasteiger partial charge in [0.1, 0.15) is 5.82 Å². The Hall–Kier alpha value is -0.480. The van der Waals surface area contributed by atoms with E-state index in [1.165, 1.54) is 30.1 Å². The maximum atomic E-state index is 9.22. The van der Waals surface area contributed by atoms with E-state index in [1.807, 2.05) is 6.20 Å². The fourth-order valence-electron chi connectivity index (χ4n) is 2.93. The molecule has 1 aromatic heterocycles. The molecule has 94 valence electrons. The van der Waals surface area contributed by atoms with Crippen molar-refractivity contribution in [2.24, 2.45) is 5.92 Å². The van der Waals surface area contributed by atoms with Gasteiger partial charge in [-0.2, -0.15) is 11.8 Å². The highest BCUT2D eigenvalue weighted by molar-refractivity contribution is 8.00. The van der Waals surface area contributed by atoms with E-state index in [-0.39, 0.29) is 0 Å². The Balaban J connectivity index is 1.72. The van der Waals surface area contributed by atoms with E-state index >= 15 is 0 Å². The summed E-state index contributed by atoms with van der Waals surface area (Å²) in [6, 6.07) is 0. The molecule has 1 saturated heterocycles. The summed E-state index contributed by atoms with van der Waals surface area (Å²) in [7, 11) is 0. The van der Waals surface area contributed by atoms with Crippen LogP contribution in [0.15, 0.2) is 6.20 Å². The molecule has 0 amide bonds. The van der Waals surface area contributed by atoms with Crippen LogP contribution in [0.3, 0.4) is 0 Å². The van der Waals surface area contributed by atoms with Crippen molar-refractivity contribution in [2.45, 2.75) is 43.9 Å². The van der Waals surface area contributed by atoms with Gasteiger partial charge in [-0.15, -0.1) is 0 Å². The molecule has 4 heteroatoms. The molecule has 3 heterocycles. The first-order valence-corrected chi connectivity index (χ1v) is 7.67. The zero-order chi connectivity index (χ0) is 11.7. The monoisotopic (exact) mass is 252 g/mol. The zero-order valence-corrected chi connectivity index (χ0v) is 11.0. The number of rotatable bonds is 3. The molecule has 3 rings (SSSR count). The quantitative estimate of drug-likeness (QED) is 0.892. The third-order valence-corrected chi connectivity index (χ3v) is 5.37. The standard InChI is InChI=1S/C13H20N2OS/c16-9-10-3-4-15-11(6-10)8-14-13(15)7-12-2-1-5-17-12/h8,10,12,16H,1-7,9H2. The number of aliphatic hydroxyl groups is 1. The largest absolute Gasteiger partial charge is 0.396 e. The number of thioether (sulfide) groups is 1. The smallest absolute Gasteiger partial charge is 0.109 e. The maximum absolute atomic E-state index is 9.22. The van der Waals surface area contributed by atoms with E-state index in [0.717, 1.165) is 31.1 Å². The highest BCUT2D eigenvalue weighted by Crippen LogP contribution is 2.30. The van der Waals surface area contributed by atoms with Crippen LogP contribution >= 0.6 is 11.8 Å². The minimum atomic E-state index is 0.318. The van der Waals surface area contributed by atoms with Crippen molar-refractivity contribution >= 4 is 11.8 Å². The van der Waals surface area contributed by atoms with E-state index in [4.69, 9.17) is 0 Å². The zero-order valence-electron chi connectivity index (χ0n) is 10.1. The Morgan fingerprint density at radius 2 is 2.41 bits per heavy atom. The van der Waals surface area contributed by atoms with Gasteiger partial charge in [-0.1, -0.05) is 0 Å². The lowest BCUT2D eigenvalue weighted by Crippen LogP contribution is -2.23. The highest BCUT2D eigenvalue weighted by Gasteiger charge is 2.23. The lowest BCUT2D eigenvalue weighted by atomic mass is 9.97. The van der Waals surface area contributed by atoms with Crippen LogP contribution in [0.2, 0.25) is 0 Å². The maximum Gasteiger partial charge on any atom is 0.109 e. The van der Waals surface area contributed by atoms with Gasteiger partial charge in [-0.3, -0.25) is 0 Å². The third kappa shape index (κ3) is 2.38. The van der Waals surface area contributed by atoms with Crippen LogP contribution in [0.4, 0.5) is 0 Å². The van der Waals surface area contributed by atoms with Crippen LogP contribution in [0.1, 0.15) is 30.8 Å². The van der Waals surface area contributed by atoms with Gasteiger partial charge in [0.25, 0.3) is 0 Å². The number of imidazole rings is 1. The van der Waals surface area contributed by atoms with Gasteiger partial charge in [0.2, 0.25) is 0 Å². The molecule has 1 fully saturated rings. The number of hydrogen-bond donors (Lipinski definition) is 1. The van der Waals surface area contributed by atoms with Gasteiger partial charge in [0.15, 0.2) is 0 Å². The molecule has 2 atom stereocenters. The lowest BCUT2D eigenvalue weighted by molar-refractivity contribution is 0.200. The Bertz CT molecular complexity index is 385. The van der Waals surface area contributed by atoms with Gasteiger partial charge >= 0.3 is 0 Å². The predicted octanol–water partition coefficient (Wildman–Crippen LogP) is 1.88. The van der Waals surface area contributed by atoms with Gasteiger partial charge in [0.05, 0.1) is 0 Å². The summed E-state index contributed by atoms with van der Waals surface area (Å²) in [4.78, 5) is 4.60. The van der Waals surface area contributed by atoms with E-state index in [2.05, 4.69) is 21.3 Å². The Morgan fingerprint density at radius 3 is 3.18 bits per heavy atom. The Labute approximate surface area is 107 Å². The van der Waals surface area contributed by atoms with Crippen molar-refractivity contribution in [3.63, 3.8) is 0 Å². The molecule has 1 aromatic rings. The van der Waals surface area contributed by atoms with Gasteiger partial charge in [0, 0.05) is 36.7 Å². The lowest BCUT2D eigenvalue weighted by Gasteiger charge is -2.23. The van der Waals surface area contributed by atoms with Crippen LogP contribution in [0.25, 0.3) is 0 Å². The molecule has 0 aromatic carbocycles. The van der Waals surface area contributed by atoms with E-state index < -0.39 is 0 Å². The van der Waals surface area contributed by atoms with Crippen molar-refractivity contribution in [1.29, 1.82) is 0 Å². The number of nitrogens with zero attached hydrogens (tertiary/aromatic N) is 2. The van der Waals surface area contributed by atoms with E-state index in [1.54, 1.807) is 0 Å². The van der Waals surface area contributed by atoms with Crippen LogP contribution in [-0.4, -0.2) is 32.3 Å². The normalized spacial score (nSPS) is 28.3. The van der Waals surface area contributed by atoms with Gasteiger partial charge in [-0.05, 0) is 37.4 Å². The second kappa shape index (κ2) is 5.02. The van der Waals surface area contributed by atoms with E-state index in [0.29, 0.717) is 12.5 Å². The molecule has 3 nitrogen and oxygen atoms in total. The first-order valence-electron chi connectivity index (χ1n) is 6.62. The molecule has 17 heavy (non-hydrogen) atoms. The predicted molar refractivity (Wildman–Crippen MR) is 70.3 cm³/mol. The first kappa shape index (κ1) is 11.6. The average molecular weight is 252 g/mol. The first-order chi connectivity index (χ1) is 8.36. The summed E-state index contributed by atoms with van der Waals surface area (Å²) in [5.74, 6) is 3.05. The van der Waals surface area contributed by atoms with Crippen molar-refractivity contribution in [1.82, 2.24) is 9.55 Å². The minimum Gasteiger partial charge on any atom is -0.396 e. The van der Waals surface area contributed by atoms with Crippen molar-refractivity contribution in [3.05, 3.63) is 17.7 Å². The second-order valence-electron chi connectivity index (χ2n) is 5.20. The van der Waals surface area contributed by atoms with Crippen LogP contribution in [-0.2, 0) is 19.4 Å². The fraction of sp³-hybridized carbons (Fsp3) is 0.769. The summed E-state index contributed by atoms with van der Waals surface area (Å²) in [5, 5.41) is 10.0. The number of hydrogen-bond acceptors (Lipinski definition) is 3. The Morgan fingerprint density at radius 1 is 1.47 bits per heavy atom. The van der Waals surface area contributed by atoms with Crippen molar-refractivity contribution in [3.8, 4) is 0 Å². The number of aromatic nitrogens is 2. The molecule has 0 bridgehead atoms. The molecular weight excluding hydrogens is 232 g/mol. The van der Waals surface area contributed by atoms with Crippen molar-refractivity contribution in [2.75, 3.05) is 12.4 Å². The molecule has 1 N–H and O–H groups in total. The highest BCUT2D eigenvalue weighted by atomic mass is 32.2. The van der Waals surface area contributed by atoms with Crippen LogP contribution in [0, 0.1) is 5.92 Å². The topological polar surface area (TPSA) is 38.0 Å². The average Bonchev–Trinajstić information content (AvgIpc) is 2.99. The molecule has 2 aliphatic heterocycles. The summed E-state index contributed by atoms with van der Waals surface area (Å²) >= 11 is 2.10. The minimum absolute atomic E-state index is 0.318. The van der Waals surface area contributed by atoms with Gasteiger partial charge in [-0.25, -0.2) is 4.98 Å². The van der Waals surface area contributed by atoms with Crippen molar-refractivity contribution < 1.29 is 5.11 Å². The molecule has 0 saturated carbocycles. The summed E-state index contributed by atoms with van der Waals surface area (Å²) in [5.41, 5.74) is 1.33. The second-order valence-corrected chi connectivity index (χ2v) is 6.61. The summed E-state index contributed by atoms with van der Waals surface area (Å²) in [6.07, 6.45) is 7.98. The molecular formula is C13H20N2OS. The fourth-order valence-corrected chi connectivity index (χ4v) is 4.19. The molecule has 0 radical (unpaired) electrons. The molecule has 2 unspecified atom stereocenters. The van der Waals surface area contributed by atoms with Crippen LogP contribution in [0.5, 0.6) is 0 Å². The van der Waals surface area contributed by atoms with Crippen LogP contribution < -0.4 is 0 Å². The summed E-state index contributed by atoms with van der Waals surface area (Å²) in [6.45, 7) is 1.37. The number of fused-ring (bicyclic) bond motifs is 1. The van der Waals surface area contributed by atoms with E-state index in [9.17, 15) is 5.11 Å². The SMILES string of the molecule is OCC1CCn2c(cnc2CC2CCCS2)C1. The Kier molecular flexibility index (Phi) is 3.43. The molecule has 2 aliphatic rings. The third-order valence-electron chi connectivity index (χ3n) is 3.97. The molecule has 0 aliphatic carbocycles. The number of aliphatic hydroxyl groups excluding tert-OH is 1. The van der Waals surface area contributed by atoms with Gasteiger partial charge < -0.3 is 9.67 Å². The summed E-state index contributed by atoms with van der Waals surface area (Å²) < 4.78 is 2.39. The molecule has 0 spiro atoms.